The van der Waals surface area contributed by atoms with E-state index in [1.165, 1.54) is 12.1 Å². The highest BCUT2D eigenvalue weighted by molar-refractivity contribution is 9.10. The molecule has 6 heteroatoms. The summed E-state index contributed by atoms with van der Waals surface area (Å²) in [6, 6.07) is 4.41. The zero-order chi connectivity index (χ0) is 15.5. The first kappa shape index (κ1) is 16.4. The highest BCUT2D eigenvalue weighted by Gasteiger charge is 2.44. The zero-order valence-corrected chi connectivity index (χ0v) is 13.9. The number of carbonyl (C=O) groups is 1. The van der Waals surface area contributed by atoms with Gasteiger partial charge in [-0.25, -0.2) is 9.18 Å². The maximum absolute atomic E-state index is 13.4. The minimum atomic E-state index is -0.926. The van der Waals surface area contributed by atoms with Crippen LogP contribution in [0.2, 0.25) is 0 Å². The minimum Gasteiger partial charge on any atom is -0.464 e. The molecule has 1 N–H and O–H groups in total. The van der Waals surface area contributed by atoms with Crippen molar-refractivity contribution in [2.45, 2.75) is 19.4 Å². The number of hydrogen-bond donors (Lipinski definition) is 1. The molecule has 1 aromatic carbocycles. The molecule has 0 bridgehead atoms. The fourth-order valence-corrected chi connectivity index (χ4v) is 3.41. The number of piperazine rings is 1. The summed E-state index contributed by atoms with van der Waals surface area (Å²) in [6.07, 6.45) is 0. The van der Waals surface area contributed by atoms with Gasteiger partial charge >= 0.3 is 5.97 Å². The van der Waals surface area contributed by atoms with Crippen LogP contribution >= 0.6 is 15.9 Å². The molecule has 116 valence electrons. The Morgan fingerprint density at radius 3 is 2.71 bits per heavy atom. The lowest BCUT2D eigenvalue weighted by atomic mass is 9.89. The lowest BCUT2D eigenvalue weighted by Crippen LogP contribution is -2.57. The third kappa shape index (κ3) is 3.27. The van der Waals surface area contributed by atoms with Gasteiger partial charge < -0.3 is 10.1 Å². The van der Waals surface area contributed by atoms with Crippen LogP contribution in [0.3, 0.4) is 0 Å². The molecule has 1 heterocycles. The lowest BCUT2D eigenvalue weighted by Gasteiger charge is -2.42. The molecular formula is C15H20BrFN2O2. The Hall–Kier alpha value is -0.980. The van der Waals surface area contributed by atoms with E-state index in [2.05, 4.69) is 26.1 Å². The van der Waals surface area contributed by atoms with Crippen LogP contribution in [0.5, 0.6) is 0 Å². The van der Waals surface area contributed by atoms with E-state index < -0.39 is 5.54 Å². The predicted molar refractivity (Wildman–Crippen MR) is 82.5 cm³/mol. The molecule has 1 saturated heterocycles. The number of nitrogens with one attached hydrogen (secondary N) is 1. The number of esters is 1. The standard InChI is InChI=1S/C15H20BrFN2O2/c1-3-21-14(20)15(2,19-8-6-18-7-9-19)12-5-4-11(17)10-13(12)16/h4-5,10,18H,3,6-9H2,1-2H3. The lowest BCUT2D eigenvalue weighted by molar-refractivity contribution is -0.158. The molecule has 1 fully saturated rings. The largest absolute Gasteiger partial charge is 0.464 e. The van der Waals surface area contributed by atoms with Crippen LogP contribution in [-0.4, -0.2) is 43.7 Å². The molecule has 1 aliphatic rings. The number of benzene rings is 1. The number of hydrogen-bond acceptors (Lipinski definition) is 4. The number of ether oxygens (including phenoxy) is 1. The van der Waals surface area contributed by atoms with Gasteiger partial charge in [-0.05, 0) is 31.5 Å². The van der Waals surface area contributed by atoms with E-state index in [1.807, 2.05) is 6.92 Å². The maximum atomic E-state index is 13.4. The van der Waals surface area contributed by atoms with Crippen LogP contribution in [0, 0.1) is 5.82 Å². The van der Waals surface area contributed by atoms with Crippen LogP contribution in [0.25, 0.3) is 0 Å². The first-order chi connectivity index (χ1) is 10.00. The normalized spacial score (nSPS) is 19.0. The van der Waals surface area contributed by atoms with Gasteiger partial charge in [0.05, 0.1) is 6.61 Å². The monoisotopic (exact) mass is 358 g/mol. The van der Waals surface area contributed by atoms with Crippen molar-refractivity contribution in [1.29, 1.82) is 0 Å². The topological polar surface area (TPSA) is 41.6 Å². The van der Waals surface area contributed by atoms with Gasteiger partial charge in [-0.1, -0.05) is 22.0 Å². The van der Waals surface area contributed by atoms with Crippen LogP contribution in [0.1, 0.15) is 19.4 Å². The zero-order valence-electron chi connectivity index (χ0n) is 12.3. The van der Waals surface area contributed by atoms with E-state index in [1.54, 1.807) is 13.0 Å². The van der Waals surface area contributed by atoms with Gasteiger partial charge in [-0.2, -0.15) is 0 Å². The Labute approximate surface area is 132 Å². The van der Waals surface area contributed by atoms with Crippen molar-refractivity contribution < 1.29 is 13.9 Å². The molecular weight excluding hydrogens is 339 g/mol. The summed E-state index contributed by atoms with van der Waals surface area (Å²) in [4.78, 5) is 14.7. The second-order valence-electron chi connectivity index (χ2n) is 5.15. The highest BCUT2D eigenvalue weighted by Crippen LogP contribution is 2.35. The second-order valence-corrected chi connectivity index (χ2v) is 6.01. The first-order valence-electron chi connectivity index (χ1n) is 7.08. The summed E-state index contributed by atoms with van der Waals surface area (Å²) in [5, 5.41) is 3.27. The summed E-state index contributed by atoms with van der Waals surface area (Å²) < 4.78 is 19.2. The third-order valence-electron chi connectivity index (χ3n) is 3.88. The van der Waals surface area contributed by atoms with Crippen molar-refractivity contribution in [3.05, 3.63) is 34.1 Å². The van der Waals surface area contributed by atoms with Crippen molar-refractivity contribution in [2.75, 3.05) is 32.8 Å². The second kappa shape index (κ2) is 6.85. The van der Waals surface area contributed by atoms with Crippen LogP contribution in [-0.2, 0) is 15.1 Å². The molecule has 4 nitrogen and oxygen atoms in total. The number of nitrogens with zero attached hydrogens (tertiary/aromatic N) is 1. The Bertz CT molecular complexity index is 520. The Morgan fingerprint density at radius 2 is 2.14 bits per heavy atom. The molecule has 0 aliphatic carbocycles. The van der Waals surface area contributed by atoms with E-state index in [0.29, 0.717) is 11.1 Å². The van der Waals surface area contributed by atoms with Crippen molar-refractivity contribution in [3.63, 3.8) is 0 Å². The number of halogens is 2. The van der Waals surface area contributed by atoms with Crippen molar-refractivity contribution in [1.82, 2.24) is 10.2 Å². The Balaban J connectivity index is 2.45. The number of rotatable bonds is 4. The summed E-state index contributed by atoms with van der Waals surface area (Å²) in [5.74, 6) is -0.642. The molecule has 2 rings (SSSR count). The summed E-state index contributed by atoms with van der Waals surface area (Å²) >= 11 is 3.38. The average Bonchev–Trinajstić information content (AvgIpc) is 2.47. The summed E-state index contributed by atoms with van der Waals surface area (Å²) in [6.45, 7) is 7.04. The van der Waals surface area contributed by atoms with Crippen LogP contribution in [0.4, 0.5) is 4.39 Å². The molecule has 1 aliphatic heterocycles. The molecule has 0 spiro atoms. The molecule has 1 aromatic rings. The fourth-order valence-electron chi connectivity index (χ4n) is 2.68. The van der Waals surface area contributed by atoms with E-state index in [-0.39, 0.29) is 11.8 Å². The van der Waals surface area contributed by atoms with Gasteiger partial charge in [-0.15, -0.1) is 0 Å². The SMILES string of the molecule is CCOC(=O)C(C)(c1ccc(F)cc1Br)N1CCNCC1. The van der Waals surface area contributed by atoms with E-state index in [9.17, 15) is 9.18 Å². The van der Waals surface area contributed by atoms with Crippen LogP contribution < -0.4 is 5.32 Å². The van der Waals surface area contributed by atoms with Gasteiger partial charge in [0, 0.05) is 30.7 Å². The molecule has 0 aromatic heterocycles. The van der Waals surface area contributed by atoms with E-state index in [0.717, 1.165) is 31.7 Å². The quantitative estimate of drug-likeness (QED) is 0.838. The molecule has 1 unspecified atom stereocenters. The minimum absolute atomic E-state index is 0.306. The highest BCUT2D eigenvalue weighted by atomic mass is 79.9. The Morgan fingerprint density at radius 1 is 1.48 bits per heavy atom. The number of carbonyl (C=O) groups excluding carboxylic acids is 1. The van der Waals surface area contributed by atoms with Gasteiger partial charge in [-0.3, -0.25) is 4.90 Å². The summed E-state index contributed by atoms with van der Waals surface area (Å²) in [7, 11) is 0. The molecule has 21 heavy (non-hydrogen) atoms. The molecule has 1 atom stereocenters. The van der Waals surface area contributed by atoms with Gasteiger partial charge in [0.1, 0.15) is 11.4 Å². The van der Waals surface area contributed by atoms with Crippen molar-refractivity contribution in [2.24, 2.45) is 0 Å². The smallest absolute Gasteiger partial charge is 0.330 e. The summed E-state index contributed by atoms with van der Waals surface area (Å²) in [5.41, 5.74) is -0.200. The van der Waals surface area contributed by atoms with Gasteiger partial charge in [0.2, 0.25) is 0 Å². The van der Waals surface area contributed by atoms with Crippen LogP contribution in [0.15, 0.2) is 22.7 Å². The first-order valence-corrected chi connectivity index (χ1v) is 7.88. The maximum Gasteiger partial charge on any atom is 0.330 e. The molecule has 0 radical (unpaired) electrons. The molecule has 0 amide bonds. The van der Waals surface area contributed by atoms with Crippen molar-refractivity contribution in [3.8, 4) is 0 Å². The Kier molecular flexibility index (Phi) is 5.35. The van der Waals surface area contributed by atoms with Gasteiger partial charge in [0.15, 0.2) is 0 Å². The molecule has 0 saturated carbocycles. The van der Waals surface area contributed by atoms with Crippen molar-refractivity contribution >= 4 is 21.9 Å². The third-order valence-corrected chi connectivity index (χ3v) is 4.53. The fraction of sp³-hybridized carbons (Fsp3) is 0.533. The predicted octanol–water partition coefficient (Wildman–Crippen LogP) is 2.27. The van der Waals surface area contributed by atoms with E-state index >= 15 is 0 Å². The van der Waals surface area contributed by atoms with Gasteiger partial charge in [0.25, 0.3) is 0 Å². The van der Waals surface area contributed by atoms with E-state index in [4.69, 9.17) is 4.74 Å². The average molecular weight is 359 g/mol.